The van der Waals surface area contributed by atoms with E-state index in [-0.39, 0.29) is 12.1 Å². The first-order valence-corrected chi connectivity index (χ1v) is 8.46. The van der Waals surface area contributed by atoms with Crippen LogP contribution in [0.25, 0.3) is 10.9 Å². The molecule has 0 atom stereocenters. The van der Waals surface area contributed by atoms with E-state index in [1.807, 2.05) is 30.3 Å². The molecule has 2 N–H and O–H groups in total. The highest BCUT2D eigenvalue weighted by atomic mass is 35.5. The van der Waals surface area contributed by atoms with Crippen molar-refractivity contribution >= 4 is 39.8 Å². The molecule has 1 aromatic heterocycles. The lowest BCUT2D eigenvalue weighted by Gasteiger charge is -2.12. The first-order chi connectivity index (χ1) is 12.8. The van der Waals surface area contributed by atoms with Gasteiger partial charge in [-0.3, -0.25) is 9.78 Å². The zero-order valence-electron chi connectivity index (χ0n) is 14.0. The van der Waals surface area contributed by atoms with Crippen molar-refractivity contribution in [1.82, 2.24) is 4.98 Å². The first-order valence-electron chi connectivity index (χ1n) is 8.09. The molecule has 1 heterocycles. The molecule has 3 rings (SSSR count). The SMILES string of the molecule is O=C(CCNc1cccc2cccnc12)Nc1ccc(Cl)c(C(F)(F)F)c1. The zero-order valence-corrected chi connectivity index (χ0v) is 14.7. The summed E-state index contributed by atoms with van der Waals surface area (Å²) < 4.78 is 38.6. The van der Waals surface area contributed by atoms with Crippen LogP contribution in [-0.4, -0.2) is 17.4 Å². The molecule has 140 valence electrons. The van der Waals surface area contributed by atoms with E-state index in [0.717, 1.165) is 28.7 Å². The summed E-state index contributed by atoms with van der Waals surface area (Å²) in [5.41, 5.74) is 0.630. The van der Waals surface area contributed by atoms with Crippen LogP contribution >= 0.6 is 11.6 Å². The predicted molar refractivity (Wildman–Crippen MR) is 99.9 cm³/mol. The maximum absolute atomic E-state index is 12.9. The summed E-state index contributed by atoms with van der Waals surface area (Å²) in [6, 6.07) is 12.7. The maximum atomic E-state index is 12.9. The van der Waals surface area contributed by atoms with Gasteiger partial charge in [0, 0.05) is 30.2 Å². The van der Waals surface area contributed by atoms with E-state index in [0.29, 0.717) is 6.54 Å². The molecule has 8 heteroatoms. The number of benzene rings is 2. The van der Waals surface area contributed by atoms with Crippen molar-refractivity contribution in [2.24, 2.45) is 0 Å². The van der Waals surface area contributed by atoms with Gasteiger partial charge in [0.2, 0.25) is 5.91 Å². The second kappa shape index (κ2) is 7.84. The Morgan fingerprint density at radius 2 is 1.89 bits per heavy atom. The van der Waals surface area contributed by atoms with Gasteiger partial charge in [-0.25, -0.2) is 0 Å². The fraction of sp³-hybridized carbons (Fsp3) is 0.158. The third-order valence-corrected chi connectivity index (χ3v) is 4.19. The zero-order chi connectivity index (χ0) is 19.4. The molecule has 0 aliphatic rings. The van der Waals surface area contributed by atoms with Crippen LogP contribution in [0.2, 0.25) is 5.02 Å². The van der Waals surface area contributed by atoms with Crippen LogP contribution in [0.4, 0.5) is 24.5 Å². The maximum Gasteiger partial charge on any atom is 0.417 e. The van der Waals surface area contributed by atoms with Gasteiger partial charge >= 0.3 is 6.18 Å². The number of pyridine rings is 1. The monoisotopic (exact) mass is 393 g/mol. The quantitative estimate of drug-likeness (QED) is 0.614. The van der Waals surface area contributed by atoms with Crippen LogP contribution in [0, 0.1) is 0 Å². The average molecular weight is 394 g/mol. The van der Waals surface area contributed by atoms with Crippen LogP contribution in [0.15, 0.2) is 54.7 Å². The molecule has 0 fully saturated rings. The standard InChI is InChI=1S/C19H15ClF3N3O/c20-15-7-6-13(11-14(15)19(21,22)23)26-17(27)8-10-24-16-5-1-3-12-4-2-9-25-18(12)16/h1-7,9,11,24H,8,10H2,(H,26,27). The van der Waals surface area contributed by atoms with Crippen LogP contribution in [0.3, 0.4) is 0 Å². The number of amides is 1. The van der Waals surface area contributed by atoms with Gasteiger partial charge in [0.05, 0.1) is 21.8 Å². The number of carbonyl (C=O) groups is 1. The van der Waals surface area contributed by atoms with Crippen molar-refractivity contribution in [3.63, 3.8) is 0 Å². The van der Waals surface area contributed by atoms with Crippen LogP contribution in [0.1, 0.15) is 12.0 Å². The van der Waals surface area contributed by atoms with Gasteiger partial charge in [-0.1, -0.05) is 29.8 Å². The molecular formula is C19H15ClF3N3O. The van der Waals surface area contributed by atoms with Gasteiger partial charge in [0.1, 0.15) is 0 Å². The highest BCUT2D eigenvalue weighted by Gasteiger charge is 2.33. The van der Waals surface area contributed by atoms with Crippen molar-refractivity contribution in [2.75, 3.05) is 17.2 Å². The Kier molecular flexibility index (Phi) is 5.51. The number of para-hydroxylation sites is 1. The van der Waals surface area contributed by atoms with Crippen molar-refractivity contribution in [3.05, 3.63) is 65.3 Å². The number of fused-ring (bicyclic) bond motifs is 1. The molecule has 0 spiro atoms. The van der Waals surface area contributed by atoms with Gasteiger partial charge in [-0.2, -0.15) is 13.2 Å². The number of hydrogen-bond acceptors (Lipinski definition) is 3. The molecule has 0 aliphatic carbocycles. The molecule has 2 aromatic carbocycles. The van der Waals surface area contributed by atoms with E-state index in [4.69, 9.17) is 11.6 Å². The Labute approximate surface area is 158 Å². The second-order valence-electron chi connectivity index (χ2n) is 5.80. The Bertz CT molecular complexity index is 971. The highest BCUT2D eigenvalue weighted by Crippen LogP contribution is 2.36. The van der Waals surface area contributed by atoms with Gasteiger partial charge in [0.25, 0.3) is 0 Å². The third kappa shape index (κ3) is 4.68. The normalized spacial score (nSPS) is 11.4. The topological polar surface area (TPSA) is 54.0 Å². The van der Waals surface area contributed by atoms with Crippen LogP contribution in [-0.2, 0) is 11.0 Å². The van der Waals surface area contributed by atoms with Crippen molar-refractivity contribution in [2.45, 2.75) is 12.6 Å². The van der Waals surface area contributed by atoms with E-state index in [9.17, 15) is 18.0 Å². The van der Waals surface area contributed by atoms with E-state index >= 15 is 0 Å². The minimum Gasteiger partial charge on any atom is -0.383 e. The smallest absolute Gasteiger partial charge is 0.383 e. The molecule has 1 amide bonds. The predicted octanol–water partition coefficient (Wildman–Crippen LogP) is 5.35. The minimum absolute atomic E-state index is 0.0450. The summed E-state index contributed by atoms with van der Waals surface area (Å²) in [6.45, 7) is 0.307. The largest absolute Gasteiger partial charge is 0.417 e. The van der Waals surface area contributed by atoms with Gasteiger partial charge in [-0.05, 0) is 30.3 Å². The van der Waals surface area contributed by atoms with Gasteiger partial charge < -0.3 is 10.6 Å². The number of anilines is 2. The summed E-state index contributed by atoms with van der Waals surface area (Å²) in [5.74, 6) is -0.411. The Balaban J connectivity index is 1.60. The number of nitrogens with one attached hydrogen (secondary N) is 2. The molecule has 0 bridgehead atoms. The number of hydrogen-bond donors (Lipinski definition) is 2. The number of nitrogens with zero attached hydrogens (tertiary/aromatic N) is 1. The fourth-order valence-corrected chi connectivity index (χ4v) is 2.83. The molecule has 27 heavy (non-hydrogen) atoms. The van der Waals surface area contributed by atoms with Crippen molar-refractivity contribution < 1.29 is 18.0 Å². The van der Waals surface area contributed by atoms with E-state index in [2.05, 4.69) is 15.6 Å². The Morgan fingerprint density at radius 1 is 1.11 bits per heavy atom. The van der Waals surface area contributed by atoms with E-state index < -0.39 is 22.7 Å². The van der Waals surface area contributed by atoms with Crippen LogP contribution in [0.5, 0.6) is 0 Å². The number of carbonyl (C=O) groups excluding carboxylic acids is 1. The summed E-state index contributed by atoms with van der Waals surface area (Å²) in [4.78, 5) is 16.3. The summed E-state index contributed by atoms with van der Waals surface area (Å²) in [5, 5.41) is 6.13. The first kappa shape index (κ1) is 19.0. The highest BCUT2D eigenvalue weighted by molar-refractivity contribution is 6.31. The van der Waals surface area contributed by atoms with Gasteiger partial charge in [-0.15, -0.1) is 0 Å². The van der Waals surface area contributed by atoms with E-state index in [1.54, 1.807) is 6.20 Å². The Morgan fingerprint density at radius 3 is 2.67 bits per heavy atom. The number of alkyl halides is 3. The third-order valence-electron chi connectivity index (χ3n) is 3.86. The molecular weight excluding hydrogens is 379 g/mol. The van der Waals surface area contributed by atoms with Crippen molar-refractivity contribution in [1.29, 1.82) is 0 Å². The average Bonchev–Trinajstić information content (AvgIpc) is 2.62. The number of halogens is 4. The molecule has 3 aromatic rings. The summed E-state index contributed by atoms with van der Waals surface area (Å²) >= 11 is 5.57. The molecule has 0 radical (unpaired) electrons. The second-order valence-corrected chi connectivity index (χ2v) is 6.21. The fourth-order valence-electron chi connectivity index (χ4n) is 2.60. The number of aromatic nitrogens is 1. The lowest BCUT2D eigenvalue weighted by Crippen LogP contribution is -2.17. The number of rotatable bonds is 5. The molecule has 0 aliphatic heterocycles. The molecule has 0 unspecified atom stereocenters. The van der Waals surface area contributed by atoms with Crippen LogP contribution < -0.4 is 10.6 Å². The summed E-state index contributed by atoms with van der Waals surface area (Å²) in [7, 11) is 0. The summed E-state index contributed by atoms with van der Waals surface area (Å²) in [6.07, 6.45) is -2.83. The molecule has 0 saturated heterocycles. The van der Waals surface area contributed by atoms with Crippen molar-refractivity contribution in [3.8, 4) is 0 Å². The minimum atomic E-state index is -4.58. The molecule has 0 saturated carbocycles. The lowest BCUT2D eigenvalue weighted by molar-refractivity contribution is -0.137. The Hall–Kier alpha value is -2.80. The van der Waals surface area contributed by atoms with E-state index in [1.165, 1.54) is 6.07 Å². The molecule has 4 nitrogen and oxygen atoms in total. The lowest BCUT2D eigenvalue weighted by atomic mass is 10.2. The van der Waals surface area contributed by atoms with Gasteiger partial charge in [0.15, 0.2) is 0 Å².